The predicted octanol–water partition coefficient (Wildman–Crippen LogP) is 2.60. The molecule has 0 spiro atoms. The highest BCUT2D eigenvalue weighted by molar-refractivity contribution is 5.17. The van der Waals surface area contributed by atoms with Crippen LogP contribution in [0.5, 0.6) is 0 Å². The monoisotopic (exact) mass is 304 g/mol. The zero-order valence-corrected chi connectivity index (χ0v) is 13.0. The maximum atomic E-state index is 6.77. The van der Waals surface area contributed by atoms with E-state index in [9.17, 15) is 0 Å². The summed E-state index contributed by atoms with van der Waals surface area (Å²) in [6.07, 6.45) is 7.45. The van der Waals surface area contributed by atoms with Crippen LogP contribution in [-0.2, 0) is 19.3 Å². The van der Waals surface area contributed by atoms with Crippen molar-refractivity contribution in [1.82, 2.24) is 15.0 Å². The van der Waals surface area contributed by atoms with Crippen LogP contribution in [0.1, 0.15) is 17.1 Å². The van der Waals surface area contributed by atoms with E-state index in [2.05, 4.69) is 15.0 Å². The number of rotatable bonds is 6. The quantitative estimate of drug-likeness (QED) is 0.760. The fourth-order valence-electron chi connectivity index (χ4n) is 2.78. The molecule has 3 rings (SSSR count). The van der Waals surface area contributed by atoms with Gasteiger partial charge < -0.3 is 5.73 Å². The summed E-state index contributed by atoms with van der Waals surface area (Å²) in [6, 6.07) is 17.8. The van der Waals surface area contributed by atoms with Crippen LogP contribution in [0.4, 0.5) is 0 Å². The average Bonchev–Trinajstić information content (AvgIpc) is 2.57. The molecule has 3 aromatic heterocycles. The first-order valence-corrected chi connectivity index (χ1v) is 7.72. The van der Waals surface area contributed by atoms with E-state index in [1.165, 1.54) is 0 Å². The molecule has 0 atom stereocenters. The van der Waals surface area contributed by atoms with Crippen LogP contribution in [0.3, 0.4) is 0 Å². The molecule has 0 aliphatic heterocycles. The number of nitrogens with zero attached hydrogens (tertiary/aromatic N) is 3. The van der Waals surface area contributed by atoms with E-state index in [0.29, 0.717) is 19.3 Å². The highest BCUT2D eigenvalue weighted by atomic mass is 14.8. The summed E-state index contributed by atoms with van der Waals surface area (Å²) in [7, 11) is 0. The number of nitrogens with two attached hydrogens (primary N) is 1. The van der Waals surface area contributed by atoms with Crippen LogP contribution in [0.2, 0.25) is 0 Å². The molecule has 0 unspecified atom stereocenters. The highest BCUT2D eigenvalue weighted by Crippen LogP contribution is 2.19. The second-order valence-corrected chi connectivity index (χ2v) is 5.86. The number of hydrogen-bond donors (Lipinski definition) is 1. The Morgan fingerprint density at radius 3 is 1.22 bits per heavy atom. The Hall–Kier alpha value is -2.59. The minimum Gasteiger partial charge on any atom is -0.324 e. The van der Waals surface area contributed by atoms with Crippen LogP contribution in [0.15, 0.2) is 73.2 Å². The molecular weight excluding hydrogens is 284 g/mol. The van der Waals surface area contributed by atoms with Gasteiger partial charge in [0.1, 0.15) is 0 Å². The van der Waals surface area contributed by atoms with Gasteiger partial charge in [-0.05, 0) is 36.4 Å². The molecule has 4 heteroatoms. The smallest absolute Gasteiger partial charge is 0.0422 e. The maximum Gasteiger partial charge on any atom is 0.0422 e. The first kappa shape index (κ1) is 15.3. The second kappa shape index (κ2) is 7.11. The summed E-state index contributed by atoms with van der Waals surface area (Å²) >= 11 is 0. The van der Waals surface area contributed by atoms with E-state index in [1.54, 1.807) is 18.6 Å². The van der Waals surface area contributed by atoms with E-state index >= 15 is 0 Å². The lowest BCUT2D eigenvalue weighted by molar-refractivity contribution is 0.403. The topological polar surface area (TPSA) is 64.7 Å². The molecule has 0 saturated carbocycles. The third-order valence-electron chi connectivity index (χ3n) is 3.78. The van der Waals surface area contributed by atoms with Gasteiger partial charge in [0.25, 0.3) is 0 Å². The summed E-state index contributed by atoms with van der Waals surface area (Å²) in [5.41, 5.74) is 9.26. The summed E-state index contributed by atoms with van der Waals surface area (Å²) in [6.45, 7) is 0. The molecule has 0 radical (unpaired) electrons. The fraction of sp³-hybridized carbons (Fsp3) is 0.211. The fourth-order valence-corrected chi connectivity index (χ4v) is 2.78. The maximum absolute atomic E-state index is 6.77. The van der Waals surface area contributed by atoms with Crippen LogP contribution in [0, 0.1) is 0 Å². The Balaban J connectivity index is 1.85. The minimum atomic E-state index is -0.475. The van der Waals surface area contributed by atoms with Crippen molar-refractivity contribution in [2.24, 2.45) is 5.73 Å². The zero-order valence-electron chi connectivity index (χ0n) is 13.0. The van der Waals surface area contributed by atoms with E-state index in [0.717, 1.165) is 17.1 Å². The molecule has 0 bridgehead atoms. The lowest BCUT2D eigenvalue weighted by Gasteiger charge is -2.29. The van der Waals surface area contributed by atoms with Gasteiger partial charge in [-0.15, -0.1) is 0 Å². The summed E-state index contributed by atoms with van der Waals surface area (Å²) < 4.78 is 0. The molecule has 4 nitrogen and oxygen atoms in total. The molecule has 0 aromatic carbocycles. The van der Waals surface area contributed by atoms with Crippen molar-refractivity contribution >= 4 is 0 Å². The molecule has 0 aliphatic carbocycles. The number of pyridine rings is 3. The Morgan fingerprint density at radius 1 is 0.609 bits per heavy atom. The Kier molecular flexibility index (Phi) is 4.74. The summed E-state index contributed by atoms with van der Waals surface area (Å²) in [5.74, 6) is 0. The first-order chi connectivity index (χ1) is 11.2. The van der Waals surface area contributed by atoms with Gasteiger partial charge in [-0.1, -0.05) is 18.2 Å². The highest BCUT2D eigenvalue weighted by Gasteiger charge is 2.28. The van der Waals surface area contributed by atoms with Gasteiger partial charge in [0, 0.05) is 60.5 Å². The molecule has 0 aliphatic rings. The van der Waals surface area contributed by atoms with Crippen molar-refractivity contribution in [2.45, 2.75) is 24.8 Å². The van der Waals surface area contributed by atoms with E-state index in [-0.39, 0.29) is 0 Å². The minimum absolute atomic E-state index is 0.475. The molecule has 0 amide bonds. The third-order valence-corrected chi connectivity index (χ3v) is 3.78. The molecular formula is C19H20N4. The standard InChI is InChI=1S/C19H20N4/c20-19(13-16-7-1-4-10-21-16,14-17-8-2-5-11-22-17)15-18-9-3-6-12-23-18/h1-12H,13-15,20H2. The van der Waals surface area contributed by atoms with Gasteiger partial charge >= 0.3 is 0 Å². The van der Waals surface area contributed by atoms with Crippen molar-refractivity contribution in [3.63, 3.8) is 0 Å². The molecule has 2 N–H and O–H groups in total. The third kappa shape index (κ3) is 4.44. The first-order valence-electron chi connectivity index (χ1n) is 7.72. The Labute approximate surface area is 136 Å². The molecule has 23 heavy (non-hydrogen) atoms. The molecule has 3 aromatic rings. The molecule has 0 saturated heterocycles. The van der Waals surface area contributed by atoms with Crippen molar-refractivity contribution in [1.29, 1.82) is 0 Å². The second-order valence-electron chi connectivity index (χ2n) is 5.86. The van der Waals surface area contributed by atoms with Gasteiger partial charge in [-0.3, -0.25) is 15.0 Å². The van der Waals surface area contributed by atoms with E-state index in [4.69, 9.17) is 5.73 Å². The van der Waals surface area contributed by atoms with Crippen LogP contribution in [0.25, 0.3) is 0 Å². The van der Waals surface area contributed by atoms with Crippen LogP contribution in [-0.4, -0.2) is 20.5 Å². The normalized spacial score (nSPS) is 11.3. The largest absolute Gasteiger partial charge is 0.324 e. The predicted molar refractivity (Wildman–Crippen MR) is 90.7 cm³/mol. The SMILES string of the molecule is NC(Cc1ccccn1)(Cc1ccccn1)Cc1ccccn1. The zero-order chi connectivity index (χ0) is 16.0. The average molecular weight is 304 g/mol. The lowest BCUT2D eigenvalue weighted by Crippen LogP contribution is -2.47. The number of aromatic nitrogens is 3. The van der Waals surface area contributed by atoms with Crippen molar-refractivity contribution in [3.05, 3.63) is 90.3 Å². The van der Waals surface area contributed by atoms with Crippen molar-refractivity contribution in [2.75, 3.05) is 0 Å². The van der Waals surface area contributed by atoms with E-state index in [1.807, 2.05) is 54.6 Å². The summed E-state index contributed by atoms with van der Waals surface area (Å²) in [5, 5.41) is 0. The van der Waals surface area contributed by atoms with Gasteiger partial charge in [-0.25, -0.2) is 0 Å². The lowest BCUT2D eigenvalue weighted by atomic mass is 9.84. The summed E-state index contributed by atoms with van der Waals surface area (Å²) in [4.78, 5) is 13.3. The van der Waals surface area contributed by atoms with Gasteiger partial charge in [0.05, 0.1) is 0 Å². The van der Waals surface area contributed by atoms with E-state index < -0.39 is 5.54 Å². The van der Waals surface area contributed by atoms with Gasteiger partial charge in [0.15, 0.2) is 0 Å². The van der Waals surface area contributed by atoms with Gasteiger partial charge in [-0.2, -0.15) is 0 Å². The Morgan fingerprint density at radius 2 is 0.957 bits per heavy atom. The van der Waals surface area contributed by atoms with Gasteiger partial charge in [0.2, 0.25) is 0 Å². The van der Waals surface area contributed by atoms with Crippen molar-refractivity contribution in [3.8, 4) is 0 Å². The number of hydrogen-bond acceptors (Lipinski definition) is 4. The van der Waals surface area contributed by atoms with Crippen LogP contribution < -0.4 is 5.73 Å². The molecule has 0 fully saturated rings. The van der Waals surface area contributed by atoms with Crippen molar-refractivity contribution < 1.29 is 0 Å². The molecule has 116 valence electrons. The van der Waals surface area contributed by atoms with Crippen LogP contribution >= 0.6 is 0 Å². The Bertz CT molecular complexity index is 613. The molecule has 3 heterocycles.